The van der Waals surface area contributed by atoms with Crippen LogP contribution in [0.4, 0.5) is 4.79 Å². The van der Waals surface area contributed by atoms with Crippen molar-refractivity contribution >= 4 is 12.1 Å². The molecular weight excluding hydrogens is 226 g/mol. The highest BCUT2D eigenvalue weighted by molar-refractivity contribution is 5.69. The van der Waals surface area contributed by atoms with Gasteiger partial charge in [0.2, 0.25) is 0 Å². The Labute approximate surface area is 101 Å². The average Bonchev–Trinajstić information content (AvgIpc) is 2.14. The van der Waals surface area contributed by atoms with E-state index >= 15 is 0 Å². The molecule has 0 aliphatic heterocycles. The standard InChI is InChI=1S/C11H21NO5/c1-11(2,3)17-10(15)12-6-5-8(13)7-9(14)16-4/h8,13H,5-7H2,1-4H3,(H,12,15). The first-order valence-corrected chi connectivity index (χ1v) is 5.46. The van der Waals surface area contributed by atoms with Crippen LogP contribution in [-0.2, 0) is 14.3 Å². The maximum absolute atomic E-state index is 11.2. The molecule has 0 fully saturated rings. The molecule has 1 atom stereocenters. The van der Waals surface area contributed by atoms with E-state index < -0.39 is 23.8 Å². The Morgan fingerprint density at radius 3 is 2.41 bits per heavy atom. The summed E-state index contributed by atoms with van der Waals surface area (Å²) in [6.45, 7) is 5.53. The van der Waals surface area contributed by atoms with Gasteiger partial charge in [-0.2, -0.15) is 0 Å². The van der Waals surface area contributed by atoms with E-state index in [0.29, 0.717) is 0 Å². The Balaban J connectivity index is 3.70. The first kappa shape index (κ1) is 15.7. The Kier molecular flexibility index (Phi) is 6.57. The van der Waals surface area contributed by atoms with Gasteiger partial charge in [0.15, 0.2) is 0 Å². The van der Waals surface area contributed by atoms with E-state index in [0.717, 1.165) is 0 Å². The zero-order chi connectivity index (χ0) is 13.5. The number of ether oxygens (including phenoxy) is 2. The second kappa shape index (κ2) is 7.11. The number of carbonyl (C=O) groups excluding carboxylic acids is 2. The van der Waals surface area contributed by atoms with Crippen LogP contribution in [0.1, 0.15) is 33.6 Å². The van der Waals surface area contributed by atoms with Gasteiger partial charge in [0.1, 0.15) is 5.60 Å². The lowest BCUT2D eigenvalue weighted by Gasteiger charge is -2.20. The molecule has 1 unspecified atom stereocenters. The predicted molar refractivity (Wildman–Crippen MR) is 61.5 cm³/mol. The molecule has 0 aliphatic rings. The van der Waals surface area contributed by atoms with Gasteiger partial charge in [0.05, 0.1) is 19.6 Å². The topological polar surface area (TPSA) is 84.9 Å². The summed E-state index contributed by atoms with van der Waals surface area (Å²) < 4.78 is 9.40. The second-order valence-electron chi connectivity index (χ2n) is 4.65. The van der Waals surface area contributed by atoms with E-state index in [1.165, 1.54) is 7.11 Å². The van der Waals surface area contributed by atoms with Crippen molar-refractivity contribution in [2.45, 2.75) is 45.3 Å². The molecular formula is C11H21NO5. The highest BCUT2D eigenvalue weighted by Crippen LogP contribution is 2.06. The van der Waals surface area contributed by atoms with Gasteiger partial charge in [-0.15, -0.1) is 0 Å². The maximum atomic E-state index is 11.2. The first-order valence-electron chi connectivity index (χ1n) is 5.46. The third kappa shape index (κ3) is 9.62. The van der Waals surface area contributed by atoms with Crippen LogP contribution >= 0.6 is 0 Å². The molecule has 0 aromatic carbocycles. The van der Waals surface area contributed by atoms with Crippen molar-refractivity contribution in [2.75, 3.05) is 13.7 Å². The van der Waals surface area contributed by atoms with Crippen LogP contribution in [0.5, 0.6) is 0 Å². The number of methoxy groups -OCH3 is 1. The molecule has 0 saturated carbocycles. The molecule has 2 N–H and O–H groups in total. The summed E-state index contributed by atoms with van der Waals surface area (Å²) in [5.41, 5.74) is -0.547. The van der Waals surface area contributed by atoms with Crippen LogP contribution in [0, 0.1) is 0 Å². The second-order valence-corrected chi connectivity index (χ2v) is 4.65. The largest absolute Gasteiger partial charge is 0.469 e. The van der Waals surface area contributed by atoms with Crippen LogP contribution in [0.25, 0.3) is 0 Å². The number of hydrogen-bond donors (Lipinski definition) is 2. The molecule has 17 heavy (non-hydrogen) atoms. The molecule has 6 heteroatoms. The van der Waals surface area contributed by atoms with Crippen molar-refractivity contribution < 1.29 is 24.2 Å². The van der Waals surface area contributed by atoms with E-state index in [-0.39, 0.29) is 19.4 Å². The molecule has 0 bridgehead atoms. The molecule has 1 amide bonds. The number of esters is 1. The summed E-state index contributed by atoms with van der Waals surface area (Å²) in [5, 5.41) is 11.9. The number of aliphatic hydroxyl groups excluding tert-OH is 1. The smallest absolute Gasteiger partial charge is 0.407 e. The fraction of sp³-hybridized carbons (Fsp3) is 0.818. The summed E-state index contributed by atoms with van der Waals surface area (Å²) in [7, 11) is 1.26. The minimum absolute atomic E-state index is 0.0769. The van der Waals surface area contributed by atoms with Crippen LogP contribution in [0.15, 0.2) is 0 Å². The van der Waals surface area contributed by atoms with E-state index in [9.17, 15) is 14.7 Å². The number of rotatable bonds is 5. The van der Waals surface area contributed by atoms with Crippen molar-refractivity contribution in [1.82, 2.24) is 5.32 Å². The van der Waals surface area contributed by atoms with Gasteiger partial charge in [-0.1, -0.05) is 0 Å². The van der Waals surface area contributed by atoms with Crippen molar-refractivity contribution in [3.8, 4) is 0 Å². The lowest BCUT2D eigenvalue weighted by Crippen LogP contribution is -2.34. The molecule has 100 valence electrons. The van der Waals surface area contributed by atoms with Gasteiger partial charge in [-0.05, 0) is 27.2 Å². The molecule has 0 aliphatic carbocycles. The van der Waals surface area contributed by atoms with Crippen LogP contribution in [0.3, 0.4) is 0 Å². The minimum Gasteiger partial charge on any atom is -0.469 e. The minimum atomic E-state index is -0.822. The molecule has 0 radical (unpaired) electrons. The molecule has 0 aromatic heterocycles. The zero-order valence-corrected chi connectivity index (χ0v) is 10.8. The normalized spacial score (nSPS) is 12.8. The summed E-state index contributed by atoms with van der Waals surface area (Å²) in [4.78, 5) is 22.0. The number of amides is 1. The Bertz CT molecular complexity index is 259. The highest BCUT2D eigenvalue weighted by Gasteiger charge is 2.16. The average molecular weight is 247 g/mol. The monoisotopic (exact) mass is 247 g/mol. The molecule has 0 spiro atoms. The first-order chi connectivity index (χ1) is 7.74. The molecule has 0 saturated heterocycles. The van der Waals surface area contributed by atoms with Gasteiger partial charge in [0, 0.05) is 6.54 Å². The lowest BCUT2D eigenvalue weighted by atomic mass is 10.2. The van der Waals surface area contributed by atoms with E-state index in [1.54, 1.807) is 20.8 Å². The van der Waals surface area contributed by atoms with Gasteiger partial charge >= 0.3 is 12.1 Å². The summed E-state index contributed by atoms with van der Waals surface area (Å²) in [5.74, 6) is -0.477. The van der Waals surface area contributed by atoms with Gasteiger partial charge in [-0.3, -0.25) is 4.79 Å². The molecule has 6 nitrogen and oxygen atoms in total. The van der Waals surface area contributed by atoms with Crippen LogP contribution in [-0.4, -0.2) is 42.5 Å². The van der Waals surface area contributed by atoms with Crippen LogP contribution in [0.2, 0.25) is 0 Å². The molecule has 0 aromatic rings. The fourth-order valence-electron chi connectivity index (χ4n) is 1.03. The number of nitrogens with one attached hydrogen (secondary N) is 1. The van der Waals surface area contributed by atoms with Crippen molar-refractivity contribution in [2.24, 2.45) is 0 Å². The summed E-state index contributed by atoms with van der Waals surface area (Å²) >= 11 is 0. The summed E-state index contributed by atoms with van der Waals surface area (Å²) in [6.07, 6.45) is -1.17. The maximum Gasteiger partial charge on any atom is 0.407 e. The lowest BCUT2D eigenvalue weighted by molar-refractivity contribution is -0.142. The summed E-state index contributed by atoms with van der Waals surface area (Å²) in [6, 6.07) is 0. The zero-order valence-electron chi connectivity index (χ0n) is 10.8. The Morgan fingerprint density at radius 1 is 1.35 bits per heavy atom. The quantitative estimate of drug-likeness (QED) is 0.703. The third-order valence-electron chi connectivity index (χ3n) is 1.78. The number of alkyl carbamates (subject to hydrolysis) is 1. The van der Waals surface area contributed by atoms with Crippen molar-refractivity contribution in [3.63, 3.8) is 0 Å². The van der Waals surface area contributed by atoms with E-state index in [1.807, 2.05) is 0 Å². The van der Waals surface area contributed by atoms with Crippen molar-refractivity contribution in [1.29, 1.82) is 0 Å². The SMILES string of the molecule is COC(=O)CC(O)CCNC(=O)OC(C)(C)C. The van der Waals surface area contributed by atoms with E-state index in [2.05, 4.69) is 10.1 Å². The number of hydrogen-bond acceptors (Lipinski definition) is 5. The van der Waals surface area contributed by atoms with Crippen LogP contribution < -0.4 is 5.32 Å². The van der Waals surface area contributed by atoms with Gasteiger partial charge in [0.25, 0.3) is 0 Å². The highest BCUT2D eigenvalue weighted by atomic mass is 16.6. The molecule has 0 rings (SSSR count). The Hall–Kier alpha value is -1.30. The Morgan fingerprint density at radius 2 is 1.94 bits per heavy atom. The van der Waals surface area contributed by atoms with E-state index in [4.69, 9.17) is 4.74 Å². The fourth-order valence-corrected chi connectivity index (χ4v) is 1.03. The van der Waals surface area contributed by atoms with Gasteiger partial charge < -0.3 is 19.9 Å². The number of aliphatic hydroxyl groups is 1. The van der Waals surface area contributed by atoms with Gasteiger partial charge in [-0.25, -0.2) is 4.79 Å². The third-order valence-corrected chi connectivity index (χ3v) is 1.78. The molecule has 0 heterocycles. The predicted octanol–water partition coefficient (Wildman–Crippen LogP) is 0.825. The van der Waals surface area contributed by atoms with Crippen molar-refractivity contribution in [3.05, 3.63) is 0 Å². The number of carbonyl (C=O) groups is 2.